The second-order valence-corrected chi connectivity index (χ2v) is 6.23. The molecule has 2 heterocycles. The van der Waals surface area contributed by atoms with Gasteiger partial charge in [-0.25, -0.2) is 9.37 Å². The fourth-order valence-electron chi connectivity index (χ4n) is 2.77. The van der Waals surface area contributed by atoms with Crippen LogP contribution in [0.4, 0.5) is 4.39 Å². The lowest BCUT2D eigenvalue weighted by Gasteiger charge is -2.30. The number of benzene rings is 1. The smallest absolute Gasteiger partial charge is 0.272 e. The number of likely N-dealkylation sites (tertiary alicyclic amines) is 1. The summed E-state index contributed by atoms with van der Waals surface area (Å²) in [6.07, 6.45) is 2.07. The topological polar surface area (TPSA) is 42.4 Å². The van der Waals surface area contributed by atoms with Gasteiger partial charge in [0.2, 0.25) is 0 Å². The zero-order chi connectivity index (χ0) is 16.9. The van der Waals surface area contributed by atoms with Crippen LogP contribution in [0.25, 0.3) is 0 Å². The van der Waals surface area contributed by atoms with Crippen LogP contribution in [0, 0.1) is 11.7 Å². The predicted molar refractivity (Wildman–Crippen MR) is 89.3 cm³/mol. The van der Waals surface area contributed by atoms with Gasteiger partial charge in [-0.05, 0) is 43.0 Å². The molecule has 1 aromatic carbocycles. The lowest BCUT2D eigenvalue weighted by Crippen LogP contribution is -2.38. The Labute approximate surface area is 141 Å². The number of hydrogen-bond donors (Lipinski definition) is 0. The lowest BCUT2D eigenvalue weighted by molar-refractivity contribution is 0.0690. The van der Waals surface area contributed by atoms with E-state index in [1.54, 1.807) is 30.3 Å². The van der Waals surface area contributed by atoms with Gasteiger partial charge in [0.25, 0.3) is 5.91 Å². The van der Waals surface area contributed by atoms with Crippen molar-refractivity contribution in [1.29, 1.82) is 0 Å². The van der Waals surface area contributed by atoms with Gasteiger partial charge < -0.3 is 9.64 Å². The highest BCUT2D eigenvalue weighted by Gasteiger charge is 2.22. The van der Waals surface area contributed by atoms with Crippen molar-refractivity contribution in [2.24, 2.45) is 5.92 Å². The third-order valence-electron chi connectivity index (χ3n) is 4.28. The van der Waals surface area contributed by atoms with Crippen molar-refractivity contribution in [2.75, 3.05) is 13.1 Å². The summed E-state index contributed by atoms with van der Waals surface area (Å²) in [5, 5.41) is 0. The number of halogens is 1. The Morgan fingerprint density at radius 1 is 1.25 bits per heavy atom. The maximum absolute atomic E-state index is 13.2. The van der Waals surface area contributed by atoms with Gasteiger partial charge in [0.15, 0.2) is 0 Å². The van der Waals surface area contributed by atoms with Crippen LogP contribution in [0.5, 0.6) is 5.75 Å². The van der Waals surface area contributed by atoms with E-state index in [1.807, 2.05) is 4.90 Å². The minimum atomic E-state index is -0.344. The molecular formula is C19H21FN2O2. The Bertz CT molecular complexity index is 712. The summed E-state index contributed by atoms with van der Waals surface area (Å²) in [5.74, 6) is 0.741. The van der Waals surface area contributed by atoms with E-state index in [9.17, 15) is 9.18 Å². The molecule has 0 radical (unpaired) electrons. The summed E-state index contributed by atoms with van der Waals surface area (Å²) in [6.45, 7) is 3.98. The molecule has 0 atom stereocenters. The third-order valence-corrected chi connectivity index (χ3v) is 4.28. The van der Waals surface area contributed by atoms with E-state index in [4.69, 9.17) is 4.74 Å². The molecule has 5 heteroatoms. The van der Waals surface area contributed by atoms with Gasteiger partial charge in [-0.1, -0.05) is 19.1 Å². The maximum Gasteiger partial charge on any atom is 0.272 e. The van der Waals surface area contributed by atoms with Crippen LogP contribution in [-0.4, -0.2) is 28.9 Å². The third kappa shape index (κ3) is 4.10. The minimum Gasteiger partial charge on any atom is -0.487 e. The number of ether oxygens (including phenoxy) is 1. The number of nitrogens with zero attached hydrogens (tertiary/aromatic N) is 2. The molecule has 0 spiro atoms. The zero-order valence-electron chi connectivity index (χ0n) is 13.7. The first kappa shape index (κ1) is 16.4. The monoisotopic (exact) mass is 328 g/mol. The van der Waals surface area contributed by atoms with Crippen molar-refractivity contribution in [1.82, 2.24) is 9.88 Å². The number of amides is 1. The summed E-state index contributed by atoms with van der Waals surface area (Å²) < 4.78 is 18.7. The van der Waals surface area contributed by atoms with Crippen molar-refractivity contribution in [2.45, 2.75) is 26.4 Å². The molecule has 0 aliphatic carbocycles. The molecule has 4 nitrogen and oxygen atoms in total. The van der Waals surface area contributed by atoms with Gasteiger partial charge in [0.1, 0.15) is 23.9 Å². The summed E-state index contributed by atoms with van der Waals surface area (Å²) in [6, 6.07) is 11.3. The summed E-state index contributed by atoms with van der Waals surface area (Å²) in [5.41, 5.74) is 1.08. The Morgan fingerprint density at radius 2 is 2.00 bits per heavy atom. The van der Waals surface area contributed by atoms with Crippen molar-refractivity contribution >= 4 is 5.91 Å². The van der Waals surface area contributed by atoms with Gasteiger partial charge in [0.05, 0.1) is 5.69 Å². The molecule has 0 unspecified atom stereocenters. The van der Waals surface area contributed by atoms with Crippen LogP contribution in [0.1, 0.15) is 35.9 Å². The van der Waals surface area contributed by atoms with E-state index < -0.39 is 0 Å². The number of rotatable bonds is 4. The number of hydrogen-bond acceptors (Lipinski definition) is 3. The normalized spacial score (nSPS) is 15.3. The first-order valence-corrected chi connectivity index (χ1v) is 8.25. The predicted octanol–water partition coefficient (Wildman–Crippen LogP) is 3.67. The van der Waals surface area contributed by atoms with Crippen molar-refractivity contribution in [3.63, 3.8) is 0 Å². The van der Waals surface area contributed by atoms with Crippen molar-refractivity contribution in [3.8, 4) is 5.75 Å². The molecule has 0 N–H and O–H groups in total. The highest BCUT2D eigenvalue weighted by molar-refractivity contribution is 5.92. The second-order valence-electron chi connectivity index (χ2n) is 6.23. The first-order chi connectivity index (χ1) is 11.6. The largest absolute Gasteiger partial charge is 0.487 e. The van der Waals surface area contributed by atoms with Gasteiger partial charge >= 0.3 is 0 Å². The van der Waals surface area contributed by atoms with Crippen LogP contribution in [0.3, 0.4) is 0 Å². The summed E-state index contributed by atoms with van der Waals surface area (Å²) in [4.78, 5) is 18.8. The Hall–Kier alpha value is -2.43. The zero-order valence-corrected chi connectivity index (χ0v) is 13.7. The van der Waals surface area contributed by atoms with E-state index in [2.05, 4.69) is 11.9 Å². The molecule has 126 valence electrons. The van der Waals surface area contributed by atoms with Crippen molar-refractivity contribution < 1.29 is 13.9 Å². The first-order valence-electron chi connectivity index (χ1n) is 8.25. The fourth-order valence-corrected chi connectivity index (χ4v) is 2.77. The van der Waals surface area contributed by atoms with Crippen LogP contribution in [0.15, 0.2) is 42.5 Å². The second kappa shape index (κ2) is 7.43. The molecule has 1 aliphatic heterocycles. The van der Waals surface area contributed by atoms with Crippen molar-refractivity contribution in [3.05, 3.63) is 59.7 Å². The molecule has 2 aromatic rings. The summed E-state index contributed by atoms with van der Waals surface area (Å²) in [7, 11) is 0. The average molecular weight is 328 g/mol. The molecule has 24 heavy (non-hydrogen) atoms. The quantitative estimate of drug-likeness (QED) is 0.860. The molecular weight excluding hydrogens is 307 g/mol. The molecule has 1 saturated heterocycles. The lowest BCUT2D eigenvalue weighted by atomic mass is 9.99. The van der Waals surface area contributed by atoms with E-state index in [0.717, 1.165) is 25.9 Å². The summed E-state index contributed by atoms with van der Waals surface area (Å²) >= 11 is 0. The molecule has 1 amide bonds. The molecule has 0 saturated carbocycles. The highest BCUT2D eigenvalue weighted by atomic mass is 19.1. The number of carbonyl (C=O) groups is 1. The van der Waals surface area contributed by atoms with E-state index >= 15 is 0 Å². The van der Waals surface area contributed by atoms with Crippen LogP contribution >= 0.6 is 0 Å². The number of aromatic nitrogens is 1. The van der Waals surface area contributed by atoms with Crippen LogP contribution in [-0.2, 0) is 6.61 Å². The Kier molecular flexibility index (Phi) is 5.08. The SMILES string of the molecule is CC1CCN(C(=O)c2cccc(COc3cccc(F)c3)n2)CC1. The van der Waals surface area contributed by atoms with Gasteiger partial charge in [-0.2, -0.15) is 0 Å². The van der Waals surface area contributed by atoms with E-state index in [0.29, 0.717) is 23.1 Å². The van der Waals surface area contributed by atoms with E-state index in [-0.39, 0.29) is 18.3 Å². The average Bonchev–Trinajstić information content (AvgIpc) is 2.60. The number of piperidine rings is 1. The van der Waals surface area contributed by atoms with Gasteiger partial charge in [-0.3, -0.25) is 4.79 Å². The molecule has 1 aromatic heterocycles. The Morgan fingerprint density at radius 3 is 2.75 bits per heavy atom. The number of pyridine rings is 1. The molecule has 1 fully saturated rings. The minimum absolute atomic E-state index is 0.0329. The molecule has 0 bridgehead atoms. The van der Waals surface area contributed by atoms with E-state index in [1.165, 1.54) is 12.1 Å². The highest BCUT2D eigenvalue weighted by Crippen LogP contribution is 2.18. The fraction of sp³-hybridized carbons (Fsp3) is 0.368. The molecule has 1 aliphatic rings. The Balaban J connectivity index is 1.64. The van der Waals surface area contributed by atoms with Crippen LogP contribution in [0.2, 0.25) is 0 Å². The van der Waals surface area contributed by atoms with Crippen LogP contribution < -0.4 is 4.74 Å². The maximum atomic E-state index is 13.2. The standard InChI is InChI=1S/C19H21FN2O2/c1-14-8-10-22(11-9-14)19(23)18-7-3-5-16(21-18)13-24-17-6-2-4-15(20)12-17/h2-7,12,14H,8-11,13H2,1H3. The molecule has 3 rings (SSSR count). The van der Waals surface area contributed by atoms with Gasteiger partial charge in [-0.15, -0.1) is 0 Å². The number of carbonyl (C=O) groups excluding carboxylic acids is 1. The van der Waals surface area contributed by atoms with Gasteiger partial charge in [0, 0.05) is 19.2 Å².